The van der Waals surface area contributed by atoms with Crippen molar-refractivity contribution >= 4 is 11.6 Å². The van der Waals surface area contributed by atoms with Crippen LogP contribution in [0.2, 0.25) is 5.02 Å². The summed E-state index contributed by atoms with van der Waals surface area (Å²) >= 11 is 6.59. The van der Waals surface area contributed by atoms with Gasteiger partial charge in [-0.1, -0.05) is 82.2 Å². The molecule has 0 N–H and O–H groups in total. The zero-order chi connectivity index (χ0) is 22.6. The summed E-state index contributed by atoms with van der Waals surface area (Å²) in [5, 5.41) is 0.725. The van der Waals surface area contributed by atoms with E-state index in [1.807, 2.05) is 12.1 Å². The van der Waals surface area contributed by atoms with Gasteiger partial charge in [0, 0.05) is 0 Å². The minimum absolute atomic E-state index is 0.512. The Balaban J connectivity index is 1.44. The number of hydrogen-bond acceptors (Lipinski definition) is 2. The van der Waals surface area contributed by atoms with E-state index in [9.17, 15) is 0 Å². The fourth-order valence-electron chi connectivity index (χ4n) is 4.73. The largest absolute Gasteiger partial charge is 0.494 e. The first-order valence-corrected chi connectivity index (χ1v) is 13.2. The maximum atomic E-state index is 6.59. The van der Waals surface area contributed by atoms with Crippen LogP contribution in [0, 0.1) is 5.92 Å². The number of benzene rings is 2. The second-order valence-electron chi connectivity index (χ2n) is 9.39. The van der Waals surface area contributed by atoms with Crippen LogP contribution in [0.5, 0.6) is 11.5 Å². The van der Waals surface area contributed by atoms with Gasteiger partial charge in [0.2, 0.25) is 0 Å². The first kappa shape index (κ1) is 25.0. The third kappa shape index (κ3) is 8.03. The summed E-state index contributed by atoms with van der Waals surface area (Å²) in [6.45, 7) is 5.82. The second-order valence-corrected chi connectivity index (χ2v) is 9.80. The third-order valence-electron chi connectivity index (χ3n) is 6.82. The molecule has 0 amide bonds. The van der Waals surface area contributed by atoms with E-state index in [0.717, 1.165) is 41.0 Å². The molecule has 3 rings (SSSR count). The third-order valence-corrected chi connectivity index (χ3v) is 7.12. The predicted octanol–water partition coefficient (Wildman–Crippen LogP) is 9.34. The monoisotopic (exact) mass is 456 g/mol. The molecule has 0 spiro atoms. The van der Waals surface area contributed by atoms with E-state index in [1.54, 1.807) is 0 Å². The average molecular weight is 457 g/mol. The van der Waals surface area contributed by atoms with E-state index in [-0.39, 0.29) is 0 Å². The van der Waals surface area contributed by atoms with Crippen molar-refractivity contribution in [2.24, 2.45) is 5.92 Å². The minimum Gasteiger partial charge on any atom is -0.494 e. The Morgan fingerprint density at radius 3 is 2.25 bits per heavy atom. The van der Waals surface area contributed by atoms with Crippen molar-refractivity contribution in [2.75, 3.05) is 6.61 Å². The Morgan fingerprint density at radius 1 is 0.812 bits per heavy atom. The lowest BCUT2D eigenvalue weighted by molar-refractivity contribution is 0.299. The van der Waals surface area contributed by atoms with Crippen molar-refractivity contribution in [1.82, 2.24) is 0 Å². The summed E-state index contributed by atoms with van der Waals surface area (Å²) in [4.78, 5) is 0. The van der Waals surface area contributed by atoms with Gasteiger partial charge in [-0.25, -0.2) is 0 Å². The summed E-state index contributed by atoms with van der Waals surface area (Å²) in [7, 11) is 0. The Kier molecular flexibility index (Phi) is 10.8. The lowest BCUT2D eigenvalue weighted by Crippen LogP contribution is -2.13. The van der Waals surface area contributed by atoms with Gasteiger partial charge in [-0.3, -0.25) is 0 Å². The number of unbranched alkanes of at least 4 members (excludes halogenated alkanes) is 4. The Labute approximate surface area is 200 Å². The molecule has 1 aliphatic rings. The quantitative estimate of drug-likeness (QED) is 0.279. The summed E-state index contributed by atoms with van der Waals surface area (Å²) in [6, 6.07) is 14.6. The van der Waals surface area contributed by atoms with Gasteiger partial charge in [-0.15, -0.1) is 0 Å². The highest BCUT2D eigenvalue weighted by Gasteiger charge is 2.22. The van der Waals surface area contributed by atoms with Crippen molar-refractivity contribution < 1.29 is 9.47 Å². The summed E-state index contributed by atoms with van der Waals surface area (Å²) in [5.41, 5.74) is 2.49. The smallest absolute Gasteiger partial charge is 0.138 e. The van der Waals surface area contributed by atoms with Gasteiger partial charge >= 0.3 is 0 Å². The van der Waals surface area contributed by atoms with Gasteiger partial charge in [0.15, 0.2) is 0 Å². The van der Waals surface area contributed by atoms with Crippen molar-refractivity contribution in [1.29, 1.82) is 0 Å². The van der Waals surface area contributed by atoms with Crippen molar-refractivity contribution in [2.45, 2.75) is 97.0 Å². The van der Waals surface area contributed by atoms with Crippen LogP contribution in [-0.4, -0.2) is 6.61 Å². The molecule has 1 aliphatic carbocycles. The zero-order valence-electron chi connectivity index (χ0n) is 20.1. The molecular weight excluding hydrogens is 416 g/mol. The Morgan fingerprint density at radius 2 is 1.56 bits per heavy atom. The van der Waals surface area contributed by atoms with Gasteiger partial charge in [-0.2, -0.15) is 0 Å². The van der Waals surface area contributed by atoms with Crippen LogP contribution in [0.3, 0.4) is 0 Å². The number of halogens is 1. The molecule has 0 aromatic heterocycles. The van der Waals surface area contributed by atoms with Crippen LogP contribution in [-0.2, 0) is 6.61 Å². The maximum Gasteiger partial charge on any atom is 0.138 e. The van der Waals surface area contributed by atoms with Crippen LogP contribution in [0.1, 0.15) is 102 Å². The topological polar surface area (TPSA) is 18.5 Å². The van der Waals surface area contributed by atoms with E-state index < -0.39 is 0 Å². The molecule has 1 saturated carbocycles. The SMILES string of the molecule is CCCCCCOc1ccc(COc2ccc([C@H]3CC[C@H](CCCC)CC3)cc2Cl)cc1. The molecule has 3 heteroatoms. The zero-order valence-corrected chi connectivity index (χ0v) is 20.8. The molecule has 0 aliphatic heterocycles. The lowest BCUT2D eigenvalue weighted by atomic mass is 9.77. The highest BCUT2D eigenvalue weighted by molar-refractivity contribution is 6.32. The van der Waals surface area contributed by atoms with E-state index in [0.29, 0.717) is 12.5 Å². The van der Waals surface area contributed by atoms with Gasteiger partial charge in [0.1, 0.15) is 18.1 Å². The van der Waals surface area contributed by atoms with Gasteiger partial charge < -0.3 is 9.47 Å². The molecule has 0 bridgehead atoms. The molecule has 2 aromatic rings. The molecule has 0 heterocycles. The van der Waals surface area contributed by atoms with E-state index in [4.69, 9.17) is 21.1 Å². The van der Waals surface area contributed by atoms with E-state index in [2.05, 4.69) is 44.2 Å². The van der Waals surface area contributed by atoms with Gasteiger partial charge in [-0.05, 0) is 79.3 Å². The second kappa shape index (κ2) is 13.8. The Hall–Kier alpha value is -1.67. The minimum atomic E-state index is 0.512. The summed E-state index contributed by atoms with van der Waals surface area (Å²) in [5.74, 6) is 3.27. The normalized spacial score (nSPS) is 18.5. The first-order chi connectivity index (χ1) is 15.7. The van der Waals surface area contributed by atoms with Crippen LogP contribution < -0.4 is 9.47 Å². The molecule has 32 heavy (non-hydrogen) atoms. The number of rotatable bonds is 13. The predicted molar refractivity (Wildman–Crippen MR) is 136 cm³/mol. The average Bonchev–Trinajstić information content (AvgIpc) is 2.83. The Bertz CT molecular complexity index is 778. The van der Waals surface area contributed by atoms with E-state index in [1.165, 1.54) is 69.8 Å². The van der Waals surface area contributed by atoms with Crippen LogP contribution >= 0.6 is 11.6 Å². The fraction of sp³-hybridized carbons (Fsp3) is 0.586. The molecule has 0 radical (unpaired) electrons. The molecule has 2 aromatic carbocycles. The molecule has 1 fully saturated rings. The van der Waals surface area contributed by atoms with Crippen LogP contribution in [0.4, 0.5) is 0 Å². The van der Waals surface area contributed by atoms with Gasteiger partial charge in [0.25, 0.3) is 0 Å². The van der Waals surface area contributed by atoms with Gasteiger partial charge in [0.05, 0.1) is 11.6 Å². The molecule has 2 nitrogen and oxygen atoms in total. The van der Waals surface area contributed by atoms with Crippen molar-refractivity contribution in [3.8, 4) is 11.5 Å². The van der Waals surface area contributed by atoms with Crippen molar-refractivity contribution in [3.05, 3.63) is 58.6 Å². The standard InChI is InChI=1S/C29H41ClO2/c1-3-5-7-8-20-31-27-17-12-24(13-18-27)22-32-29-19-16-26(21-28(29)30)25-14-10-23(11-15-25)9-6-4-2/h12-13,16-19,21,23,25H,3-11,14-15,20,22H2,1-2H3/t23-,25-. The van der Waals surface area contributed by atoms with Crippen LogP contribution in [0.15, 0.2) is 42.5 Å². The first-order valence-electron chi connectivity index (χ1n) is 12.8. The molecule has 0 atom stereocenters. The molecular formula is C29H41ClO2. The highest BCUT2D eigenvalue weighted by Crippen LogP contribution is 2.39. The number of hydrogen-bond donors (Lipinski definition) is 0. The van der Waals surface area contributed by atoms with Crippen LogP contribution in [0.25, 0.3) is 0 Å². The molecule has 0 unspecified atom stereocenters. The molecule has 0 saturated heterocycles. The summed E-state index contributed by atoms with van der Waals surface area (Å²) in [6.07, 6.45) is 14.3. The summed E-state index contributed by atoms with van der Waals surface area (Å²) < 4.78 is 11.8. The lowest BCUT2D eigenvalue weighted by Gasteiger charge is -2.29. The highest BCUT2D eigenvalue weighted by atomic mass is 35.5. The maximum absolute atomic E-state index is 6.59. The number of ether oxygens (including phenoxy) is 2. The molecule has 176 valence electrons. The fourth-order valence-corrected chi connectivity index (χ4v) is 4.97. The van der Waals surface area contributed by atoms with Crippen molar-refractivity contribution in [3.63, 3.8) is 0 Å². The van der Waals surface area contributed by atoms with E-state index >= 15 is 0 Å².